The summed E-state index contributed by atoms with van der Waals surface area (Å²) in [6.45, 7) is 21.1. The normalized spacial score (nSPS) is 47.2. The molecule has 6 fully saturated rings. The molecule has 6 aliphatic heterocycles. The molecule has 4 unspecified atom stereocenters. The van der Waals surface area contributed by atoms with E-state index in [2.05, 4.69) is 63.2 Å². The fourth-order valence-corrected chi connectivity index (χ4v) is 5.84. The number of rotatable bonds is 1. The molecule has 152 valence electrons. The molecule has 0 amide bonds. The van der Waals surface area contributed by atoms with Crippen molar-refractivity contribution < 1.29 is 10.2 Å². The quantitative estimate of drug-likeness (QED) is 0.740. The van der Waals surface area contributed by atoms with Gasteiger partial charge in [0.2, 0.25) is 0 Å². The van der Waals surface area contributed by atoms with Gasteiger partial charge in [-0.05, 0) is 54.4 Å². The van der Waals surface area contributed by atoms with E-state index in [-0.39, 0.29) is 35.2 Å². The van der Waals surface area contributed by atoms with Crippen LogP contribution in [0.3, 0.4) is 0 Å². The molecule has 5 heteroatoms. The minimum atomic E-state index is -0.628. The predicted molar refractivity (Wildman–Crippen MR) is 106 cm³/mol. The molecule has 4 bridgehead atoms. The van der Waals surface area contributed by atoms with E-state index in [0.29, 0.717) is 0 Å². The number of hydrogen-bond donors (Lipinski definition) is 2. The molecule has 0 radical (unpaired) electrons. The third kappa shape index (κ3) is 2.86. The zero-order valence-corrected chi connectivity index (χ0v) is 18.0. The van der Waals surface area contributed by atoms with Crippen molar-refractivity contribution in [1.29, 1.82) is 0 Å². The minimum absolute atomic E-state index is 0.00305. The molecule has 6 saturated heterocycles. The Kier molecular flexibility index (Phi) is 5.06. The second-order valence-corrected chi connectivity index (χ2v) is 10.6. The Morgan fingerprint density at radius 1 is 0.846 bits per heavy atom. The van der Waals surface area contributed by atoms with Crippen LogP contribution in [0.4, 0.5) is 0 Å². The van der Waals surface area contributed by atoms with Crippen molar-refractivity contribution in [2.75, 3.05) is 39.3 Å². The van der Waals surface area contributed by atoms with Crippen LogP contribution in [-0.2, 0) is 0 Å². The van der Waals surface area contributed by atoms with E-state index in [4.69, 9.17) is 0 Å². The lowest BCUT2D eigenvalue weighted by atomic mass is 9.68. The highest BCUT2D eigenvalue weighted by molar-refractivity contribution is 5.11. The van der Waals surface area contributed by atoms with Crippen LogP contribution in [-0.4, -0.2) is 92.5 Å². The van der Waals surface area contributed by atoms with E-state index in [0.717, 1.165) is 45.6 Å². The van der Waals surface area contributed by atoms with E-state index in [1.54, 1.807) is 0 Å². The van der Waals surface area contributed by atoms with Crippen LogP contribution in [0.25, 0.3) is 0 Å². The van der Waals surface area contributed by atoms with Gasteiger partial charge in [0.15, 0.2) is 0 Å². The summed E-state index contributed by atoms with van der Waals surface area (Å²) >= 11 is 0. The third-order valence-electron chi connectivity index (χ3n) is 9.01. The molecule has 0 aromatic rings. The van der Waals surface area contributed by atoms with Gasteiger partial charge < -0.3 is 10.2 Å². The van der Waals surface area contributed by atoms with Crippen LogP contribution >= 0.6 is 0 Å². The first-order valence-electron chi connectivity index (χ1n) is 10.5. The number of nitrogens with zero attached hydrogens (tertiary/aromatic N) is 3. The first-order chi connectivity index (χ1) is 11.9. The molecule has 2 N–H and O–H groups in total. The molecule has 0 aromatic heterocycles. The Hall–Kier alpha value is -0.200. The van der Waals surface area contributed by atoms with Gasteiger partial charge in [0.1, 0.15) is 0 Å². The highest BCUT2D eigenvalue weighted by Gasteiger charge is 2.55. The fourth-order valence-electron chi connectivity index (χ4n) is 5.84. The van der Waals surface area contributed by atoms with Crippen molar-refractivity contribution in [3.8, 4) is 0 Å². The van der Waals surface area contributed by atoms with Gasteiger partial charge in [-0.1, -0.05) is 6.92 Å². The summed E-state index contributed by atoms with van der Waals surface area (Å²) < 4.78 is 0. The maximum Gasteiger partial charge on any atom is 0.0715 e. The van der Waals surface area contributed by atoms with Crippen LogP contribution in [0.15, 0.2) is 0 Å². The summed E-state index contributed by atoms with van der Waals surface area (Å²) in [4.78, 5) is 7.65. The molecule has 0 aromatic carbocycles. The zero-order valence-electron chi connectivity index (χ0n) is 18.0. The van der Waals surface area contributed by atoms with Crippen LogP contribution in [0.2, 0.25) is 0 Å². The summed E-state index contributed by atoms with van der Waals surface area (Å²) in [6, 6.07) is 0.118. The van der Waals surface area contributed by atoms with E-state index in [1.165, 1.54) is 0 Å². The third-order valence-corrected chi connectivity index (χ3v) is 9.01. The van der Waals surface area contributed by atoms with Crippen LogP contribution in [0.5, 0.6) is 0 Å². The van der Waals surface area contributed by atoms with E-state index < -0.39 is 5.60 Å². The maximum absolute atomic E-state index is 11.6. The van der Waals surface area contributed by atoms with Gasteiger partial charge >= 0.3 is 0 Å². The lowest BCUT2D eigenvalue weighted by Crippen LogP contribution is -2.75. The van der Waals surface area contributed by atoms with Gasteiger partial charge in [-0.3, -0.25) is 14.7 Å². The number of aliphatic hydroxyl groups excluding tert-OH is 1. The SMILES string of the molecule is CC1C2(O)CCN(CC2)C(C)(C)C(C)(C)N2CCN(C(CO)C2)C1(C)C. The second-order valence-electron chi connectivity index (χ2n) is 10.6. The second kappa shape index (κ2) is 6.41. The fraction of sp³-hybridized carbons (Fsp3) is 1.00. The van der Waals surface area contributed by atoms with Gasteiger partial charge in [-0.15, -0.1) is 0 Å². The monoisotopic (exact) mass is 367 g/mol. The van der Waals surface area contributed by atoms with Crippen molar-refractivity contribution in [2.24, 2.45) is 5.92 Å². The molecular formula is C21H41N3O2. The average Bonchev–Trinajstić information content (AvgIpc) is 2.59. The van der Waals surface area contributed by atoms with Crippen molar-refractivity contribution in [2.45, 2.75) is 89.6 Å². The van der Waals surface area contributed by atoms with Crippen molar-refractivity contribution in [3.63, 3.8) is 0 Å². The predicted octanol–water partition coefficient (Wildman–Crippen LogP) is 1.78. The summed E-state index contributed by atoms with van der Waals surface area (Å²) in [7, 11) is 0. The van der Waals surface area contributed by atoms with Crippen molar-refractivity contribution in [3.05, 3.63) is 0 Å². The largest absolute Gasteiger partial charge is 0.395 e. The molecule has 6 rings (SSSR count). The van der Waals surface area contributed by atoms with E-state index in [9.17, 15) is 10.2 Å². The van der Waals surface area contributed by atoms with Crippen LogP contribution < -0.4 is 0 Å². The van der Waals surface area contributed by atoms with Crippen LogP contribution in [0.1, 0.15) is 61.3 Å². The van der Waals surface area contributed by atoms with E-state index in [1.807, 2.05) is 0 Å². The van der Waals surface area contributed by atoms with Gasteiger partial charge in [0.05, 0.1) is 12.2 Å². The van der Waals surface area contributed by atoms with E-state index >= 15 is 0 Å². The lowest BCUT2D eigenvalue weighted by Gasteiger charge is -2.63. The Morgan fingerprint density at radius 2 is 1.38 bits per heavy atom. The first kappa shape index (κ1) is 20.5. The Balaban J connectivity index is 2.07. The van der Waals surface area contributed by atoms with Gasteiger partial charge in [-0.2, -0.15) is 0 Å². The molecule has 26 heavy (non-hydrogen) atoms. The standard InChI is InChI=1S/C21H41N3O2/c1-16-18(2,3)24-13-12-23(14-17(24)15-25)20(6,7)19(4,5)22-10-8-21(16,26)9-11-22/h16-17,25-26H,8-15H2,1-7H3. The molecular weight excluding hydrogens is 326 g/mol. The zero-order chi connectivity index (χ0) is 19.5. The Bertz CT molecular complexity index is 523. The number of hydrogen-bond acceptors (Lipinski definition) is 5. The molecule has 0 saturated carbocycles. The Labute approximate surface area is 160 Å². The number of piperazine rings is 1. The Morgan fingerprint density at radius 3 is 1.92 bits per heavy atom. The highest BCUT2D eigenvalue weighted by Crippen LogP contribution is 2.45. The number of aliphatic hydroxyl groups is 2. The summed E-state index contributed by atoms with van der Waals surface area (Å²) in [5.41, 5.74) is -0.767. The van der Waals surface area contributed by atoms with Gasteiger partial charge in [0.25, 0.3) is 0 Å². The van der Waals surface area contributed by atoms with Gasteiger partial charge in [0, 0.05) is 61.3 Å². The lowest BCUT2D eigenvalue weighted by molar-refractivity contribution is -0.170. The summed E-state index contributed by atoms with van der Waals surface area (Å²) in [5, 5.41) is 21.8. The molecule has 5 nitrogen and oxygen atoms in total. The molecule has 6 heterocycles. The summed E-state index contributed by atoms with van der Waals surface area (Å²) in [5.74, 6) is 0.160. The first-order valence-corrected chi connectivity index (χ1v) is 10.5. The smallest absolute Gasteiger partial charge is 0.0715 e. The molecule has 6 aliphatic rings. The van der Waals surface area contributed by atoms with Gasteiger partial charge in [-0.25, -0.2) is 0 Å². The molecule has 0 aliphatic carbocycles. The minimum Gasteiger partial charge on any atom is -0.395 e. The average molecular weight is 368 g/mol. The maximum atomic E-state index is 11.6. The molecule has 0 spiro atoms. The number of piperidine rings is 1. The molecule has 4 atom stereocenters. The van der Waals surface area contributed by atoms with Crippen molar-refractivity contribution >= 4 is 0 Å². The van der Waals surface area contributed by atoms with Crippen LogP contribution in [0, 0.1) is 5.92 Å². The highest BCUT2D eigenvalue weighted by atomic mass is 16.3. The summed E-state index contributed by atoms with van der Waals surface area (Å²) in [6.07, 6.45) is 1.66. The topological polar surface area (TPSA) is 50.2 Å². The van der Waals surface area contributed by atoms with Crippen molar-refractivity contribution in [1.82, 2.24) is 14.7 Å².